The normalized spacial score (nSPS) is 12.0. The zero-order chi connectivity index (χ0) is 22.4. The zero-order valence-corrected chi connectivity index (χ0v) is 19.0. The van der Waals surface area contributed by atoms with E-state index < -0.39 is 6.04 Å². The van der Waals surface area contributed by atoms with Gasteiger partial charge in [0.15, 0.2) is 0 Å². The average molecular weight is 437 g/mol. The van der Waals surface area contributed by atoms with Gasteiger partial charge in [0.25, 0.3) is 0 Å². The molecule has 0 aliphatic heterocycles. The molecule has 0 fully saturated rings. The third kappa shape index (κ3) is 5.86. The van der Waals surface area contributed by atoms with Crippen LogP contribution in [0.25, 0.3) is 10.8 Å². The monoisotopic (exact) mass is 436 g/mol. The first-order chi connectivity index (χ1) is 14.9. The number of carbonyl (C=O) groups excluding carboxylic acids is 2. The molecule has 5 heteroatoms. The van der Waals surface area contributed by atoms with E-state index >= 15 is 0 Å². The summed E-state index contributed by atoms with van der Waals surface area (Å²) < 4.78 is 0. The van der Waals surface area contributed by atoms with E-state index in [4.69, 9.17) is 11.6 Å². The molecule has 0 radical (unpaired) electrons. The first-order valence-electron chi connectivity index (χ1n) is 10.7. The summed E-state index contributed by atoms with van der Waals surface area (Å²) in [6.45, 7) is 5.88. The van der Waals surface area contributed by atoms with E-state index in [1.54, 1.807) is 17.9 Å². The predicted molar refractivity (Wildman–Crippen MR) is 127 cm³/mol. The Labute approximate surface area is 189 Å². The zero-order valence-electron chi connectivity index (χ0n) is 18.3. The number of hydrogen-bond acceptors (Lipinski definition) is 2. The molecule has 31 heavy (non-hydrogen) atoms. The maximum absolute atomic E-state index is 13.3. The van der Waals surface area contributed by atoms with Crippen molar-refractivity contribution in [3.05, 3.63) is 82.9 Å². The molecule has 0 saturated carbocycles. The highest BCUT2D eigenvalue weighted by molar-refractivity contribution is 6.31. The first kappa shape index (κ1) is 22.8. The summed E-state index contributed by atoms with van der Waals surface area (Å²) in [5.41, 5.74) is 1.95. The highest BCUT2D eigenvalue weighted by atomic mass is 35.5. The number of benzene rings is 3. The van der Waals surface area contributed by atoms with Gasteiger partial charge in [0.1, 0.15) is 6.04 Å². The molecule has 2 amide bonds. The summed E-state index contributed by atoms with van der Waals surface area (Å²) in [4.78, 5) is 27.6. The molecular weight excluding hydrogens is 408 g/mol. The summed E-state index contributed by atoms with van der Waals surface area (Å²) in [5.74, 6) is -0.236. The molecule has 0 aromatic heterocycles. The van der Waals surface area contributed by atoms with Gasteiger partial charge in [-0.25, -0.2) is 0 Å². The number of amides is 2. The highest BCUT2D eigenvalue weighted by Crippen LogP contribution is 2.22. The number of aryl methyl sites for hydroxylation is 1. The fourth-order valence-electron chi connectivity index (χ4n) is 3.69. The Morgan fingerprint density at radius 3 is 2.29 bits per heavy atom. The topological polar surface area (TPSA) is 49.4 Å². The molecule has 1 atom stereocenters. The van der Waals surface area contributed by atoms with Crippen LogP contribution in [0.5, 0.6) is 0 Å². The Morgan fingerprint density at radius 1 is 0.903 bits per heavy atom. The molecule has 1 N–H and O–H groups in total. The van der Waals surface area contributed by atoms with E-state index in [1.165, 1.54) is 0 Å². The second-order valence-corrected chi connectivity index (χ2v) is 8.50. The lowest BCUT2D eigenvalue weighted by atomic mass is 10.0. The molecule has 0 unspecified atom stereocenters. The smallest absolute Gasteiger partial charge is 0.242 e. The SMILES string of the molecule is CC(C)NC(=O)[C@@H](C)N(Cc1ccccc1Cl)C(=O)CCc1cccc2ccccc12. The molecule has 0 aliphatic rings. The molecular formula is C26H29ClN2O2. The molecule has 3 aromatic rings. The Morgan fingerprint density at radius 2 is 1.55 bits per heavy atom. The van der Waals surface area contributed by atoms with Crippen molar-refractivity contribution in [2.45, 2.75) is 52.2 Å². The minimum Gasteiger partial charge on any atom is -0.352 e. The van der Waals surface area contributed by atoms with Crippen molar-refractivity contribution in [2.24, 2.45) is 0 Å². The molecule has 0 saturated heterocycles. The first-order valence-corrected chi connectivity index (χ1v) is 11.0. The Kier molecular flexibility index (Phi) is 7.69. The van der Waals surface area contributed by atoms with E-state index in [9.17, 15) is 9.59 Å². The number of rotatable bonds is 8. The number of halogens is 1. The molecule has 0 bridgehead atoms. The van der Waals surface area contributed by atoms with Crippen LogP contribution in [0.4, 0.5) is 0 Å². The van der Waals surface area contributed by atoms with E-state index in [0.29, 0.717) is 24.4 Å². The van der Waals surface area contributed by atoms with E-state index in [2.05, 4.69) is 29.6 Å². The van der Waals surface area contributed by atoms with Crippen molar-refractivity contribution in [2.75, 3.05) is 0 Å². The third-order valence-corrected chi connectivity index (χ3v) is 5.75. The second-order valence-electron chi connectivity index (χ2n) is 8.09. The van der Waals surface area contributed by atoms with E-state index in [0.717, 1.165) is 21.9 Å². The van der Waals surface area contributed by atoms with Crippen molar-refractivity contribution in [3.63, 3.8) is 0 Å². The molecule has 0 aliphatic carbocycles. The van der Waals surface area contributed by atoms with Gasteiger partial charge >= 0.3 is 0 Å². The Balaban J connectivity index is 1.81. The van der Waals surface area contributed by atoms with Gasteiger partial charge in [-0.15, -0.1) is 0 Å². The van der Waals surface area contributed by atoms with Gasteiger partial charge in [-0.05, 0) is 55.2 Å². The van der Waals surface area contributed by atoms with Gasteiger partial charge in [-0.1, -0.05) is 72.3 Å². The van der Waals surface area contributed by atoms with Crippen LogP contribution in [-0.4, -0.2) is 28.8 Å². The Hall–Kier alpha value is -2.85. The van der Waals surface area contributed by atoms with Crippen LogP contribution in [0, 0.1) is 0 Å². The van der Waals surface area contributed by atoms with Gasteiger partial charge in [0.2, 0.25) is 11.8 Å². The van der Waals surface area contributed by atoms with Crippen molar-refractivity contribution < 1.29 is 9.59 Å². The predicted octanol–water partition coefficient (Wildman–Crippen LogP) is 5.37. The number of hydrogen-bond donors (Lipinski definition) is 1. The van der Waals surface area contributed by atoms with Crippen molar-refractivity contribution in [1.29, 1.82) is 0 Å². The summed E-state index contributed by atoms with van der Waals surface area (Å²) in [7, 11) is 0. The number of carbonyl (C=O) groups is 2. The van der Waals surface area contributed by atoms with E-state index in [1.807, 2.05) is 50.2 Å². The van der Waals surface area contributed by atoms with Crippen molar-refractivity contribution in [1.82, 2.24) is 10.2 Å². The van der Waals surface area contributed by atoms with Crippen LogP contribution in [0.3, 0.4) is 0 Å². The number of nitrogens with one attached hydrogen (secondary N) is 1. The largest absolute Gasteiger partial charge is 0.352 e. The van der Waals surface area contributed by atoms with Gasteiger partial charge in [0.05, 0.1) is 0 Å². The molecule has 4 nitrogen and oxygen atoms in total. The quantitative estimate of drug-likeness (QED) is 0.516. The maximum atomic E-state index is 13.3. The second kappa shape index (κ2) is 10.5. The van der Waals surface area contributed by atoms with Crippen LogP contribution >= 0.6 is 11.6 Å². The average Bonchev–Trinajstić information content (AvgIpc) is 2.76. The fourth-order valence-corrected chi connectivity index (χ4v) is 3.89. The number of nitrogens with zero attached hydrogens (tertiary/aromatic N) is 1. The minimum absolute atomic E-state index is 0.00268. The van der Waals surface area contributed by atoms with Crippen molar-refractivity contribution >= 4 is 34.2 Å². The maximum Gasteiger partial charge on any atom is 0.242 e. The Bertz CT molecular complexity index is 1060. The lowest BCUT2D eigenvalue weighted by Gasteiger charge is -2.30. The van der Waals surface area contributed by atoms with Crippen LogP contribution < -0.4 is 5.32 Å². The van der Waals surface area contributed by atoms with Crippen LogP contribution in [0.2, 0.25) is 5.02 Å². The summed E-state index contributed by atoms with van der Waals surface area (Å²) >= 11 is 6.34. The van der Waals surface area contributed by atoms with Crippen LogP contribution in [0.1, 0.15) is 38.3 Å². The standard InChI is InChI=1S/C26H29ClN2O2/c1-18(2)28-26(31)19(3)29(17-22-10-5-7-14-24(22)27)25(30)16-15-21-12-8-11-20-9-4-6-13-23(20)21/h4-14,18-19H,15-17H2,1-3H3,(H,28,31)/t19-/m1/s1. The lowest BCUT2D eigenvalue weighted by Crippen LogP contribution is -2.49. The van der Waals surface area contributed by atoms with Gasteiger partial charge in [-0.2, -0.15) is 0 Å². The minimum atomic E-state index is -0.598. The molecule has 0 heterocycles. The highest BCUT2D eigenvalue weighted by Gasteiger charge is 2.26. The van der Waals surface area contributed by atoms with Crippen molar-refractivity contribution in [3.8, 4) is 0 Å². The van der Waals surface area contributed by atoms with Gasteiger partial charge in [-0.3, -0.25) is 9.59 Å². The summed E-state index contributed by atoms with van der Waals surface area (Å²) in [6, 6.07) is 21.2. The number of fused-ring (bicyclic) bond motifs is 1. The molecule has 0 spiro atoms. The fraction of sp³-hybridized carbons (Fsp3) is 0.308. The van der Waals surface area contributed by atoms with Gasteiger partial charge < -0.3 is 10.2 Å². The summed E-state index contributed by atoms with van der Waals surface area (Å²) in [5, 5.41) is 5.81. The van der Waals surface area contributed by atoms with Crippen LogP contribution in [-0.2, 0) is 22.6 Å². The lowest BCUT2D eigenvalue weighted by molar-refractivity contribution is -0.140. The summed E-state index contributed by atoms with van der Waals surface area (Å²) in [6.07, 6.45) is 0.926. The van der Waals surface area contributed by atoms with Crippen LogP contribution in [0.15, 0.2) is 66.7 Å². The third-order valence-electron chi connectivity index (χ3n) is 5.38. The van der Waals surface area contributed by atoms with E-state index in [-0.39, 0.29) is 17.9 Å². The molecule has 3 aromatic carbocycles. The molecule has 3 rings (SSSR count). The van der Waals surface area contributed by atoms with Gasteiger partial charge in [0, 0.05) is 24.0 Å². The molecule has 162 valence electrons.